The molecule has 0 bridgehead atoms. The topological polar surface area (TPSA) is 44.7 Å². The minimum Gasteiger partial charge on any atom is -0.380 e. The van der Waals surface area contributed by atoms with Crippen molar-refractivity contribution in [2.45, 2.75) is 38.8 Å². The van der Waals surface area contributed by atoms with Crippen LogP contribution in [0.3, 0.4) is 0 Å². The second kappa shape index (κ2) is 6.84. The fraction of sp³-hybridized carbons (Fsp3) is 0.778. The Hall–Kier alpha value is -1.40. The number of rotatable bonds is 6. The Morgan fingerprint density at radius 1 is 1.29 bits per heavy atom. The second-order valence-electron chi connectivity index (χ2n) is 7.92. The maximum Gasteiger partial charge on any atom is 0.134 e. The van der Waals surface area contributed by atoms with Crippen molar-refractivity contribution in [3.05, 3.63) is 12.4 Å². The lowest BCUT2D eigenvalue weighted by atomic mass is 9.79. The van der Waals surface area contributed by atoms with E-state index in [2.05, 4.69) is 58.7 Å². The molecule has 0 amide bonds. The van der Waals surface area contributed by atoms with E-state index in [0.29, 0.717) is 11.5 Å². The SMILES string of the molecule is CCC1(C)CN(c2cc(N3C[C@@H](OC)C[C@H]3CN(C)C)ncn2)C1. The van der Waals surface area contributed by atoms with Crippen LogP contribution in [0.2, 0.25) is 0 Å². The highest BCUT2D eigenvalue weighted by Crippen LogP contribution is 2.37. The summed E-state index contributed by atoms with van der Waals surface area (Å²) in [6, 6.07) is 2.58. The zero-order valence-corrected chi connectivity index (χ0v) is 15.7. The van der Waals surface area contributed by atoms with E-state index >= 15 is 0 Å². The van der Waals surface area contributed by atoms with E-state index in [-0.39, 0.29) is 6.10 Å². The Bertz CT molecular complexity index is 558. The molecule has 0 saturated carbocycles. The molecule has 2 saturated heterocycles. The van der Waals surface area contributed by atoms with Gasteiger partial charge in [-0.2, -0.15) is 0 Å². The summed E-state index contributed by atoms with van der Waals surface area (Å²) in [5.74, 6) is 2.08. The van der Waals surface area contributed by atoms with Crippen LogP contribution in [0.25, 0.3) is 0 Å². The average molecular weight is 333 g/mol. The van der Waals surface area contributed by atoms with Gasteiger partial charge in [0.1, 0.15) is 18.0 Å². The minimum atomic E-state index is 0.278. The molecule has 1 aromatic heterocycles. The lowest BCUT2D eigenvalue weighted by Crippen LogP contribution is -2.54. The summed E-state index contributed by atoms with van der Waals surface area (Å²) in [7, 11) is 6.04. The first kappa shape index (κ1) is 17.4. The standard InChI is InChI=1S/C18H31N5O/c1-6-18(2)11-22(12-18)16-8-17(20-13-19-16)23-10-15(24-5)7-14(23)9-21(3)4/h8,13-15H,6-7,9-12H2,1-5H3/t14-,15-/m0/s1. The molecule has 2 aliphatic heterocycles. The van der Waals surface area contributed by atoms with Crippen molar-refractivity contribution >= 4 is 11.6 Å². The maximum atomic E-state index is 5.61. The van der Waals surface area contributed by atoms with Crippen molar-refractivity contribution < 1.29 is 4.74 Å². The molecule has 134 valence electrons. The zero-order valence-electron chi connectivity index (χ0n) is 15.7. The predicted molar refractivity (Wildman–Crippen MR) is 97.7 cm³/mol. The highest BCUT2D eigenvalue weighted by atomic mass is 16.5. The van der Waals surface area contributed by atoms with Gasteiger partial charge in [0.2, 0.25) is 0 Å². The first-order valence-corrected chi connectivity index (χ1v) is 8.95. The van der Waals surface area contributed by atoms with Crippen LogP contribution in [0.15, 0.2) is 12.4 Å². The second-order valence-corrected chi connectivity index (χ2v) is 7.92. The highest BCUT2D eigenvalue weighted by molar-refractivity contribution is 5.53. The normalized spacial score (nSPS) is 26.1. The Morgan fingerprint density at radius 2 is 2.00 bits per heavy atom. The van der Waals surface area contributed by atoms with Crippen LogP contribution in [0.1, 0.15) is 26.7 Å². The number of anilines is 2. The number of likely N-dealkylation sites (N-methyl/N-ethyl adjacent to an activating group) is 1. The van der Waals surface area contributed by atoms with Gasteiger partial charge in [0, 0.05) is 50.8 Å². The molecule has 0 unspecified atom stereocenters. The molecule has 0 N–H and O–H groups in total. The summed E-state index contributed by atoms with van der Waals surface area (Å²) in [5, 5.41) is 0. The van der Waals surface area contributed by atoms with E-state index in [1.54, 1.807) is 13.4 Å². The Kier molecular flexibility index (Phi) is 4.97. The van der Waals surface area contributed by atoms with E-state index < -0.39 is 0 Å². The van der Waals surface area contributed by atoms with Crippen molar-refractivity contribution in [3.8, 4) is 0 Å². The van der Waals surface area contributed by atoms with E-state index in [9.17, 15) is 0 Å². The first-order valence-electron chi connectivity index (χ1n) is 8.95. The Morgan fingerprint density at radius 3 is 2.62 bits per heavy atom. The van der Waals surface area contributed by atoms with Gasteiger partial charge in [-0.3, -0.25) is 0 Å². The third kappa shape index (κ3) is 3.49. The number of aromatic nitrogens is 2. The molecule has 3 rings (SSSR count). The van der Waals surface area contributed by atoms with Gasteiger partial charge in [0.25, 0.3) is 0 Å². The lowest BCUT2D eigenvalue weighted by Gasteiger charge is -2.48. The van der Waals surface area contributed by atoms with Gasteiger partial charge in [-0.15, -0.1) is 0 Å². The van der Waals surface area contributed by atoms with E-state index in [0.717, 1.165) is 44.2 Å². The first-order chi connectivity index (χ1) is 11.4. The quantitative estimate of drug-likeness (QED) is 0.792. The molecule has 0 aliphatic carbocycles. The van der Waals surface area contributed by atoms with Crippen LogP contribution >= 0.6 is 0 Å². The van der Waals surface area contributed by atoms with Gasteiger partial charge in [-0.25, -0.2) is 9.97 Å². The van der Waals surface area contributed by atoms with Gasteiger partial charge >= 0.3 is 0 Å². The van der Waals surface area contributed by atoms with E-state index in [1.807, 2.05) is 0 Å². The monoisotopic (exact) mass is 333 g/mol. The van der Waals surface area contributed by atoms with Crippen LogP contribution < -0.4 is 9.80 Å². The molecule has 0 radical (unpaired) electrons. The lowest BCUT2D eigenvalue weighted by molar-refractivity contribution is 0.117. The van der Waals surface area contributed by atoms with Crippen molar-refractivity contribution in [1.29, 1.82) is 0 Å². The summed E-state index contributed by atoms with van der Waals surface area (Å²) in [5.41, 5.74) is 0.438. The van der Waals surface area contributed by atoms with Crippen LogP contribution in [-0.2, 0) is 4.74 Å². The maximum absolute atomic E-state index is 5.61. The minimum absolute atomic E-state index is 0.278. The van der Waals surface area contributed by atoms with Gasteiger partial charge < -0.3 is 19.4 Å². The van der Waals surface area contributed by atoms with E-state index in [4.69, 9.17) is 4.74 Å². The van der Waals surface area contributed by atoms with Crippen LogP contribution in [-0.4, -0.2) is 74.4 Å². The number of hydrogen-bond acceptors (Lipinski definition) is 6. The molecule has 24 heavy (non-hydrogen) atoms. The van der Waals surface area contributed by atoms with Crippen LogP contribution in [0, 0.1) is 5.41 Å². The van der Waals surface area contributed by atoms with Crippen molar-refractivity contribution in [1.82, 2.24) is 14.9 Å². The number of ether oxygens (including phenoxy) is 1. The molecule has 2 fully saturated rings. The summed E-state index contributed by atoms with van der Waals surface area (Å²) >= 11 is 0. The molecule has 2 atom stereocenters. The fourth-order valence-electron chi connectivity index (χ4n) is 3.85. The molecular formula is C18H31N5O. The fourth-order valence-corrected chi connectivity index (χ4v) is 3.85. The molecular weight excluding hydrogens is 302 g/mol. The number of hydrogen-bond donors (Lipinski definition) is 0. The smallest absolute Gasteiger partial charge is 0.134 e. The van der Waals surface area contributed by atoms with Crippen molar-refractivity contribution in [3.63, 3.8) is 0 Å². The van der Waals surface area contributed by atoms with Crippen molar-refractivity contribution in [2.24, 2.45) is 5.41 Å². The van der Waals surface area contributed by atoms with Gasteiger partial charge in [0.15, 0.2) is 0 Å². The third-order valence-corrected chi connectivity index (χ3v) is 5.54. The number of methoxy groups -OCH3 is 1. The summed E-state index contributed by atoms with van der Waals surface area (Å²) in [4.78, 5) is 16.0. The predicted octanol–water partition coefficient (Wildman–Crippen LogP) is 1.87. The van der Waals surface area contributed by atoms with Gasteiger partial charge in [0.05, 0.1) is 6.10 Å². The van der Waals surface area contributed by atoms with Gasteiger partial charge in [-0.1, -0.05) is 13.8 Å². The Labute approximate surface area is 145 Å². The van der Waals surface area contributed by atoms with Gasteiger partial charge in [-0.05, 0) is 26.9 Å². The van der Waals surface area contributed by atoms with Crippen LogP contribution in [0.4, 0.5) is 11.6 Å². The molecule has 3 heterocycles. The van der Waals surface area contributed by atoms with E-state index in [1.165, 1.54) is 6.42 Å². The van der Waals surface area contributed by atoms with Crippen molar-refractivity contribution in [2.75, 3.05) is 57.2 Å². The number of nitrogens with zero attached hydrogens (tertiary/aromatic N) is 5. The van der Waals surface area contributed by atoms with Crippen LogP contribution in [0.5, 0.6) is 0 Å². The summed E-state index contributed by atoms with van der Waals surface area (Å²) < 4.78 is 5.61. The molecule has 1 aromatic rings. The molecule has 0 spiro atoms. The molecule has 2 aliphatic rings. The molecule has 0 aromatic carbocycles. The molecule has 6 heteroatoms. The molecule has 6 nitrogen and oxygen atoms in total. The average Bonchev–Trinajstić information content (AvgIpc) is 2.94. The Balaban J connectivity index is 1.75. The zero-order chi connectivity index (χ0) is 17.3. The third-order valence-electron chi connectivity index (χ3n) is 5.54. The summed E-state index contributed by atoms with van der Waals surface area (Å²) in [6.07, 6.45) is 4.25. The largest absolute Gasteiger partial charge is 0.380 e. The highest BCUT2D eigenvalue weighted by Gasteiger charge is 2.38. The summed E-state index contributed by atoms with van der Waals surface area (Å²) in [6.45, 7) is 8.70.